The number of thioether (sulfide) groups is 1. The van der Waals surface area contributed by atoms with Gasteiger partial charge in [0.15, 0.2) is 0 Å². The van der Waals surface area contributed by atoms with Crippen LogP contribution in [0.15, 0.2) is 67.8 Å². The first-order chi connectivity index (χ1) is 19.0. The van der Waals surface area contributed by atoms with Crippen molar-refractivity contribution < 1.29 is 24.2 Å². The summed E-state index contributed by atoms with van der Waals surface area (Å²) in [5, 5.41) is 11.9. The minimum atomic E-state index is -0.783. The first kappa shape index (κ1) is 27.5. The average Bonchev–Trinajstić information content (AvgIpc) is 3.59. The third kappa shape index (κ3) is 4.78. The first-order valence-electron chi connectivity index (χ1n) is 13.7. The number of aliphatic hydroxyl groups excluding tert-OH is 1. The third-order valence-electron chi connectivity index (χ3n) is 8.32. The highest BCUT2D eigenvalue weighted by Crippen LogP contribution is 2.66. The van der Waals surface area contributed by atoms with Crippen molar-refractivity contribution in [1.82, 2.24) is 4.90 Å². The Labute approximate surface area is 233 Å². The van der Waals surface area contributed by atoms with Crippen LogP contribution >= 0.6 is 11.8 Å². The third-order valence-corrected chi connectivity index (χ3v) is 10.3. The van der Waals surface area contributed by atoms with E-state index in [1.54, 1.807) is 22.7 Å². The summed E-state index contributed by atoms with van der Waals surface area (Å²) < 4.78 is 4.92. The molecule has 1 N–H and O–H groups in total. The van der Waals surface area contributed by atoms with E-state index in [-0.39, 0.29) is 42.7 Å². The van der Waals surface area contributed by atoms with Crippen LogP contribution in [-0.2, 0) is 19.1 Å². The molecule has 3 heterocycles. The Bertz CT molecular complexity index is 1280. The van der Waals surface area contributed by atoms with Crippen LogP contribution in [0.5, 0.6) is 0 Å². The Morgan fingerprint density at radius 2 is 1.95 bits per heavy atom. The van der Waals surface area contributed by atoms with E-state index < -0.39 is 22.6 Å². The van der Waals surface area contributed by atoms with Gasteiger partial charge in [-0.15, -0.1) is 24.9 Å². The van der Waals surface area contributed by atoms with E-state index in [4.69, 9.17) is 4.74 Å². The lowest BCUT2D eigenvalue weighted by atomic mass is 9.71. The lowest BCUT2D eigenvalue weighted by Crippen LogP contribution is -2.55. The number of aliphatic hydroxyl groups is 1. The first-order valence-corrected chi connectivity index (χ1v) is 14.6. The number of hydrogen-bond acceptors (Lipinski definition) is 6. The minimum Gasteiger partial charge on any atom is -0.465 e. The molecular formula is C31H36N2O5S. The molecule has 7 nitrogen and oxygen atoms in total. The van der Waals surface area contributed by atoms with Gasteiger partial charge < -0.3 is 19.6 Å². The summed E-state index contributed by atoms with van der Waals surface area (Å²) in [6, 6.07) is 13.0. The molecule has 8 heteroatoms. The number of anilines is 1. The quantitative estimate of drug-likeness (QED) is 0.241. The summed E-state index contributed by atoms with van der Waals surface area (Å²) in [4.78, 5) is 44.8. The summed E-state index contributed by atoms with van der Waals surface area (Å²) in [7, 11) is 0. The number of amides is 2. The maximum Gasteiger partial charge on any atom is 0.310 e. The molecule has 206 valence electrons. The van der Waals surface area contributed by atoms with Gasteiger partial charge in [0.1, 0.15) is 6.04 Å². The second-order valence-corrected chi connectivity index (χ2v) is 12.1. The van der Waals surface area contributed by atoms with Gasteiger partial charge >= 0.3 is 5.97 Å². The summed E-state index contributed by atoms with van der Waals surface area (Å²) >= 11 is 1.60. The molecule has 2 bridgehead atoms. The Kier molecular flexibility index (Phi) is 8.14. The fourth-order valence-corrected chi connectivity index (χ4v) is 8.85. The Hall–Kier alpha value is -3.10. The topological polar surface area (TPSA) is 87.2 Å². The maximum atomic E-state index is 14.4. The van der Waals surface area contributed by atoms with E-state index in [1.165, 1.54) is 4.90 Å². The molecule has 2 aromatic carbocycles. The highest BCUT2D eigenvalue weighted by atomic mass is 32.2. The molecule has 5 rings (SSSR count). The lowest BCUT2D eigenvalue weighted by molar-refractivity contribution is -0.154. The molecule has 39 heavy (non-hydrogen) atoms. The zero-order chi connectivity index (χ0) is 27.6. The number of ether oxygens (including phenoxy) is 1. The van der Waals surface area contributed by atoms with Crippen LogP contribution in [0.3, 0.4) is 0 Å². The van der Waals surface area contributed by atoms with Crippen molar-refractivity contribution in [3.05, 3.63) is 67.8 Å². The molecule has 3 saturated heterocycles. The second-order valence-electron chi connectivity index (χ2n) is 10.5. The van der Waals surface area contributed by atoms with Crippen molar-refractivity contribution in [3.63, 3.8) is 0 Å². The number of esters is 1. The van der Waals surface area contributed by atoms with Gasteiger partial charge in [-0.25, -0.2) is 0 Å². The van der Waals surface area contributed by atoms with Crippen LogP contribution < -0.4 is 4.90 Å². The van der Waals surface area contributed by atoms with Gasteiger partial charge in [-0.1, -0.05) is 42.5 Å². The van der Waals surface area contributed by atoms with Gasteiger partial charge in [-0.05, 0) is 55.0 Å². The number of unbranched alkanes of at least 4 members (excludes halogenated alkanes) is 2. The molecule has 0 aromatic heterocycles. The number of fused-ring (bicyclic) bond motifs is 2. The minimum absolute atomic E-state index is 0.0433. The standard InChI is InChI=1S/C31H36N2O5S/c1-3-5-6-9-19-38-30(37)25-24-14-15-31(39-24)26(25)28(35)33(17-18-34)27(31)29(36)32(16-4-2)23-13-12-21-10-7-8-11-22(21)20-23/h3-4,7-8,10-13,20,24-27,34H,1-2,5-6,9,14-19H2/t24-,25+,26-,27?,31?/m0/s1. The molecule has 2 unspecified atom stereocenters. The molecule has 3 fully saturated rings. The molecule has 2 aromatic rings. The monoisotopic (exact) mass is 548 g/mol. The highest BCUT2D eigenvalue weighted by molar-refractivity contribution is 8.02. The molecule has 0 aliphatic carbocycles. The van der Waals surface area contributed by atoms with Crippen LogP contribution in [0.4, 0.5) is 5.69 Å². The van der Waals surface area contributed by atoms with Crippen LogP contribution in [-0.4, -0.2) is 70.1 Å². The number of hydrogen-bond donors (Lipinski definition) is 1. The number of β-amino-alcohol motifs (C(OH)–C–C–N with tert-alkyl or cyclic N) is 1. The SMILES string of the molecule is C=CCCCCOC(=O)[C@@H]1[C@@H]2CCC3(S2)C(C(=O)N(CC=C)c2ccc4ccccc4c2)N(CCO)C(=O)[C@H]13. The van der Waals surface area contributed by atoms with E-state index in [0.717, 1.165) is 42.1 Å². The van der Waals surface area contributed by atoms with Crippen molar-refractivity contribution in [2.75, 3.05) is 31.2 Å². The van der Waals surface area contributed by atoms with Crippen LogP contribution in [0, 0.1) is 11.8 Å². The van der Waals surface area contributed by atoms with Crippen LogP contribution in [0.1, 0.15) is 32.1 Å². The predicted molar refractivity (Wildman–Crippen MR) is 154 cm³/mol. The zero-order valence-electron chi connectivity index (χ0n) is 22.2. The molecule has 0 radical (unpaired) electrons. The van der Waals surface area contributed by atoms with Gasteiger partial charge in [0.2, 0.25) is 5.91 Å². The summed E-state index contributed by atoms with van der Waals surface area (Å²) in [6.45, 7) is 7.97. The molecule has 3 aliphatic rings. The number of nitrogens with zero attached hydrogens (tertiary/aromatic N) is 2. The number of rotatable bonds is 12. The lowest BCUT2D eigenvalue weighted by Gasteiger charge is -2.37. The van der Waals surface area contributed by atoms with Gasteiger partial charge in [0.25, 0.3) is 5.91 Å². The summed E-state index contributed by atoms with van der Waals surface area (Å²) in [5.41, 5.74) is 0.725. The Morgan fingerprint density at radius 3 is 2.69 bits per heavy atom. The zero-order valence-corrected chi connectivity index (χ0v) is 23.0. The van der Waals surface area contributed by atoms with E-state index in [1.807, 2.05) is 48.5 Å². The van der Waals surface area contributed by atoms with Crippen LogP contribution in [0.2, 0.25) is 0 Å². The second kappa shape index (κ2) is 11.6. The van der Waals surface area contributed by atoms with E-state index in [2.05, 4.69) is 13.2 Å². The fourth-order valence-electron chi connectivity index (χ4n) is 6.65. The van der Waals surface area contributed by atoms with Gasteiger partial charge in [0, 0.05) is 24.0 Å². The molecule has 5 atom stereocenters. The molecule has 0 saturated carbocycles. The van der Waals surface area contributed by atoms with Crippen molar-refractivity contribution in [3.8, 4) is 0 Å². The number of carbonyl (C=O) groups excluding carboxylic acids is 3. The normalized spacial score (nSPS) is 27.0. The van der Waals surface area contributed by atoms with Gasteiger partial charge in [-0.2, -0.15) is 0 Å². The Morgan fingerprint density at radius 1 is 1.15 bits per heavy atom. The number of carbonyl (C=O) groups is 3. The smallest absolute Gasteiger partial charge is 0.310 e. The van der Waals surface area contributed by atoms with Crippen molar-refractivity contribution in [2.45, 2.75) is 48.1 Å². The molecule has 3 aliphatic heterocycles. The number of allylic oxidation sites excluding steroid dienone is 1. The molecule has 1 spiro atoms. The van der Waals surface area contributed by atoms with Crippen molar-refractivity contribution in [1.29, 1.82) is 0 Å². The number of benzene rings is 2. The predicted octanol–water partition coefficient (Wildman–Crippen LogP) is 4.34. The van der Waals surface area contributed by atoms with Crippen molar-refractivity contribution in [2.24, 2.45) is 11.8 Å². The molecule has 2 amide bonds. The largest absolute Gasteiger partial charge is 0.465 e. The van der Waals surface area contributed by atoms with Gasteiger partial charge in [0.05, 0.1) is 29.8 Å². The average molecular weight is 549 g/mol. The van der Waals surface area contributed by atoms with Crippen molar-refractivity contribution >= 4 is 46.0 Å². The number of likely N-dealkylation sites (tertiary alicyclic amines) is 1. The van der Waals surface area contributed by atoms with E-state index in [0.29, 0.717) is 13.0 Å². The van der Waals surface area contributed by atoms with Crippen LogP contribution in [0.25, 0.3) is 10.8 Å². The van der Waals surface area contributed by atoms with E-state index in [9.17, 15) is 19.5 Å². The highest BCUT2D eigenvalue weighted by Gasteiger charge is 2.74. The Balaban J connectivity index is 1.46. The fraction of sp³-hybridized carbons (Fsp3) is 0.452. The summed E-state index contributed by atoms with van der Waals surface area (Å²) in [6.07, 6.45) is 7.43. The molecular weight excluding hydrogens is 512 g/mol. The van der Waals surface area contributed by atoms with Gasteiger partial charge in [-0.3, -0.25) is 14.4 Å². The maximum absolute atomic E-state index is 14.4. The van der Waals surface area contributed by atoms with E-state index >= 15 is 0 Å². The summed E-state index contributed by atoms with van der Waals surface area (Å²) in [5.74, 6) is -2.00.